The molecule has 0 unspecified atom stereocenters. The van der Waals surface area contributed by atoms with Crippen LogP contribution >= 0.6 is 0 Å². The number of hydrogen-bond acceptors (Lipinski definition) is 3. The van der Waals surface area contributed by atoms with Gasteiger partial charge in [-0.25, -0.2) is 0 Å². The number of hydrogen-bond donors (Lipinski definition) is 1. The minimum atomic E-state index is -0.207. The first kappa shape index (κ1) is 19.9. The molecule has 0 spiro atoms. The van der Waals surface area contributed by atoms with E-state index < -0.39 is 0 Å². The molecule has 2 aromatic rings. The lowest BCUT2D eigenvalue weighted by Gasteiger charge is -2.16. The summed E-state index contributed by atoms with van der Waals surface area (Å²) in [6.45, 7) is 2.86. The molecule has 0 aliphatic carbocycles. The second-order valence-electron chi connectivity index (χ2n) is 7.14. The van der Waals surface area contributed by atoms with E-state index in [4.69, 9.17) is 4.74 Å². The Kier molecular flexibility index (Phi) is 7.06. The number of carbonyl (C=O) groups excluding carboxylic acids is 2. The summed E-state index contributed by atoms with van der Waals surface area (Å²) in [7, 11) is 0. The Morgan fingerprint density at radius 1 is 1.14 bits per heavy atom. The van der Waals surface area contributed by atoms with Crippen molar-refractivity contribution in [3.63, 3.8) is 0 Å². The van der Waals surface area contributed by atoms with E-state index in [1.165, 1.54) is 24.8 Å². The van der Waals surface area contributed by atoms with E-state index in [1.54, 1.807) is 11.0 Å². The molecule has 0 saturated carbocycles. The highest BCUT2D eigenvalue weighted by atomic mass is 16.5. The van der Waals surface area contributed by atoms with Crippen LogP contribution in [0.15, 0.2) is 48.5 Å². The maximum absolute atomic E-state index is 12.2. The normalized spacial score (nSPS) is 13.6. The van der Waals surface area contributed by atoms with Gasteiger partial charge < -0.3 is 15.0 Å². The molecule has 5 heteroatoms. The van der Waals surface area contributed by atoms with Crippen molar-refractivity contribution in [1.29, 1.82) is 0 Å². The first-order valence-corrected chi connectivity index (χ1v) is 10.1. The van der Waals surface area contributed by atoms with Gasteiger partial charge in [-0.1, -0.05) is 38.0 Å². The number of amides is 2. The van der Waals surface area contributed by atoms with Crippen LogP contribution in [0.3, 0.4) is 0 Å². The number of rotatable bonds is 9. The molecule has 1 saturated heterocycles. The molecule has 0 radical (unpaired) electrons. The van der Waals surface area contributed by atoms with E-state index in [9.17, 15) is 9.59 Å². The van der Waals surface area contributed by atoms with Crippen LogP contribution in [-0.4, -0.2) is 25.0 Å². The number of ether oxygens (including phenoxy) is 1. The first-order chi connectivity index (χ1) is 13.7. The summed E-state index contributed by atoms with van der Waals surface area (Å²) in [5.74, 6) is 0.507. The molecule has 1 aliphatic rings. The lowest BCUT2D eigenvalue weighted by Crippen LogP contribution is -2.24. The summed E-state index contributed by atoms with van der Waals surface area (Å²) in [6.07, 6.45) is 6.18. The molecule has 1 fully saturated rings. The van der Waals surface area contributed by atoms with Crippen molar-refractivity contribution in [3.8, 4) is 5.75 Å². The van der Waals surface area contributed by atoms with E-state index >= 15 is 0 Å². The van der Waals surface area contributed by atoms with Crippen molar-refractivity contribution in [2.24, 2.45) is 0 Å². The quantitative estimate of drug-likeness (QED) is 0.649. The third-order valence-corrected chi connectivity index (χ3v) is 4.88. The van der Waals surface area contributed by atoms with Crippen LogP contribution in [0.5, 0.6) is 5.75 Å². The summed E-state index contributed by atoms with van der Waals surface area (Å²) >= 11 is 0. The van der Waals surface area contributed by atoms with Gasteiger partial charge in [0.1, 0.15) is 5.75 Å². The Hall–Kier alpha value is -2.82. The zero-order valence-electron chi connectivity index (χ0n) is 16.4. The number of nitrogens with one attached hydrogen (secondary N) is 1. The monoisotopic (exact) mass is 380 g/mol. The van der Waals surface area contributed by atoms with E-state index in [2.05, 4.69) is 24.4 Å². The molecule has 1 aliphatic heterocycles. The molecular weight excluding hydrogens is 352 g/mol. The van der Waals surface area contributed by atoms with Crippen LogP contribution in [0.2, 0.25) is 0 Å². The van der Waals surface area contributed by atoms with E-state index in [0.29, 0.717) is 12.2 Å². The van der Waals surface area contributed by atoms with Crippen molar-refractivity contribution < 1.29 is 14.3 Å². The number of aryl methyl sites for hydroxylation is 1. The maximum Gasteiger partial charge on any atom is 0.262 e. The smallest absolute Gasteiger partial charge is 0.262 e. The lowest BCUT2D eigenvalue weighted by molar-refractivity contribution is -0.118. The fourth-order valence-electron chi connectivity index (χ4n) is 3.34. The van der Waals surface area contributed by atoms with Crippen LogP contribution in [-0.2, 0) is 16.0 Å². The molecule has 2 aromatic carbocycles. The van der Waals surface area contributed by atoms with Crippen LogP contribution in [0.1, 0.15) is 44.6 Å². The van der Waals surface area contributed by atoms with Crippen LogP contribution in [0.4, 0.5) is 11.4 Å². The minimum Gasteiger partial charge on any atom is -0.484 e. The van der Waals surface area contributed by atoms with Crippen LogP contribution in [0, 0.1) is 0 Å². The highest BCUT2D eigenvalue weighted by Crippen LogP contribution is 2.25. The van der Waals surface area contributed by atoms with Gasteiger partial charge in [0, 0.05) is 30.4 Å². The van der Waals surface area contributed by atoms with Gasteiger partial charge in [-0.2, -0.15) is 0 Å². The van der Waals surface area contributed by atoms with Crippen molar-refractivity contribution in [2.75, 3.05) is 23.4 Å². The number of nitrogens with zero attached hydrogens (tertiary/aromatic N) is 1. The second kappa shape index (κ2) is 9.93. The van der Waals surface area contributed by atoms with Gasteiger partial charge in [-0.05, 0) is 49.1 Å². The summed E-state index contributed by atoms with van der Waals surface area (Å²) in [6, 6.07) is 15.3. The fraction of sp³-hybridized carbons (Fsp3) is 0.391. The third-order valence-electron chi connectivity index (χ3n) is 4.88. The fourth-order valence-corrected chi connectivity index (χ4v) is 3.34. The Morgan fingerprint density at radius 3 is 2.68 bits per heavy atom. The number of carbonyl (C=O) groups is 2. The van der Waals surface area contributed by atoms with Gasteiger partial charge in [0.05, 0.1) is 0 Å². The number of unbranched alkanes of at least 4 members (excludes halogenated alkanes) is 2. The molecule has 28 heavy (non-hydrogen) atoms. The molecule has 1 N–H and O–H groups in total. The average molecular weight is 380 g/mol. The molecule has 148 valence electrons. The molecule has 5 nitrogen and oxygen atoms in total. The average Bonchev–Trinajstić information content (AvgIpc) is 3.14. The standard InChI is InChI=1S/C23H28N2O3/c1-2-3-4-7-18-11-13-19(14-12-18)24-22(26)17-28-21-9-5-8-20(16-21)25-15-6-10-23(25)27/h5,8-9,11-14,16H,2-4,6-7,10,15,17H2,1H3,(H,24,26). The first-order valence-electron chi connectivity index (χ1n) is 10.1. The predicted molar refractivity (Wildman–Crippen MR) is 112 cm³/mol. The van der Waals surface area contributed by atoms with E-state index in [1.807, 2.05) is 30.3 Å². The van der Waals surface area contributed by atoms with Gasteiger partial charge >= 0.3 is 0 Å². The zero-order valence-corrected chi connectivity index (χ0v) is 16.4. The molecule has 0 bridgehead atoms. The Balaban J connectivity index is 1.48. The summed E-state index contributed by atoms with van der Waals surface area (Å²) in [4.78, 5) is 25.8. The van der Waals surface area contributed by atoms with Gasteiger partial charge in [0.15, 0.2) is 6.61 Å². The molecule has 2 amide bonds. The predicted octanol–water partition coefficient (Wildman–Crippen LogP) is 4.56. The van der Waals surface area contributed by atoms with Gasteiger partial charge in [0.2, 0.25) is 5.91 Å². The van der Waals surface area contributed by atoms with Crippen LogP contribution in [0.25, 0.3) is 0 Å². The molecule has 0 atom stereocenters. The highest BCUT2D eigenvalue weighted by Gasteiger charge is 2.21. The molecule has 0 aromatic heterocycles. The SMILES string of the molecule is CCCCCc1ccc(NC(=O)COc2cccc(N3CCCC3=O)c2)cc1. The van der Waals surface area contributed by atoms with Gasteiger partial charge in [-0.15, -0.1) is 0 Å². The zero-order chi connectivity index (χ0) is 19.8. The third kappa shape index (κ3) is 5.59. The highest BCUT2D eigenvalue weighted by molar-refractivity contribution is 5.95. The van der Waals surface area contributed by atoms with Crippen molar-refractivity contribution >= 4 is 23.2 Å². The number of anilines is 2. The summed E-state index contributed by atoms with van der Waals surface area (Å²) in [5, 5.41) is 2.85. The Bertz CT molecular complexity index is 802. The van der Waals surface area contributed by atoms with Crippen LogP contribution < -0.4 is 15.0 Å². The van der Waals surface area contributed by atoms with Crippen molar-refractivity contribution in [1.82, 2.24) is 0 Å². The summed E-state index contributed by atoms with van der Waals surface area (Å²) in [5.41, 5.74) is 2.87. The Labute approximate surface area is 166 Å². The molecule has 3 rings (SSSR count). The van der Waals surface area contributed by atoms with Gasteiger partial charge in [0.25, 0.3) is 5.91 Å². The maximum atomic E-state index is 12.2. The topological polar surface area (TPSA) is 58.6 Å². The minimum absolute atomic E-state index is 0.0738. The Morgan fingerprint density at radius 2 is 1.96 bits per heavy atom. The molecular formula is C23H28N2O3. The van der Waals surface area contributed by atoms with E-state index in [0.717, 1.165) is 30.8 Å². The summed E-state index contributed by atoms with van der Waals surface area (Å²) < 4.78 is 5.61. The van der Waals surface area contributed by atoms with Crippen molar-refractivity contribution in [2.45, 2.75) is 45.4 Å². The number of benzene rings is 2. The lowest BCUT2D eigenvalue weighted by atomic mass is 10.1. The second-order valence-corrected chi connectivity index (χ2v) is 7.14. The largest absolute Gasteiger partial charge is 0.484 e. The van der Waals surface area contributed by atoms with Gasteiger partial charge in [-0.3, -0.25) is 9.59 Å². The van der Waals surface area contributed by atoms with Crippen molar-refractivity contribution in [3.05, 3.63) is 54.1 Å². The molecule has 1 heterocycles. The van der Waals surface area contributed by atoms with E-state index in [-0.39, 0.29) is 18.4 Å².